The second-order valence-electron chi connectivity index (χ2n) is 2.36. The van der Waals surface area contributed by atoms with Crippen LogP contribution >= 0.6 is 0 Å². The van der Waals surface area contributed by atoms with E-state index in [-0.39, 0.29) is 12.3 Å². The fraction of sp³-hybridized carbons (Fsp3) is 0.625. The molecular weight excluding hydrogens is 158 g/mol. The van der Waals surface area contributed by atoms with Gasteiger partial charge in [-0.3, -0.25) is 0 Å². The van der Waals surface area contributed by atoms with Crippen molar-refractivity contribution in [2.75, 3.05) is 21.3 Å². The maximum Gasteiger partial charge on any atom is 0.210 e. The van der Waals surface area contributed by atoms with E-state index < -0.39 is 0 Å². The van der Waals surface area contributed by atoms with Crippen LogP contribution in [0, 0.1) is 0 Å². The van der Waals surface area contributed by atoms with Gasteiger partial charge < -0.3 is 14.2 Å². The monoisotopic (exact) mass is 171 g/mol. The van der Waals surface area contributed by atoms with E-state index in [9.17, 15) is 0 Å². The van der Waals surface area contributed by atoms with E-state index in [1.165, 1.54) is 0 Å². The summed E-state index contributed by atoms with van der Waals surface area (Å²) in [6.07, 6.45) is 3.22. The van der Waals surface area contributed by atoms with Crippen LogP contribution in [0.3, 0.4) is 0 Å². The summed E-state index contributed by atoms with van der Waals surface area (Å²) in [7, 11) is 4.78. The summed E-state index contributed by atoms with van der Waals surface area (Å²) >= 11 is 0. The van der Waals surface area contributed by atoms with Crippen LogP contribution < -0.4 is 0 Å². The summed E-state index contributed by atoms with van der Waals surface area (Å²) in [6, 6.07) is 0. The van der Waals surface area contributed by atoms with Gasteiger partial charge in [0.2, 0.25) is 5.90 Å². The van der Waals surface area contributed by atoms with Crippen LogP contribution in [0.2, 0.25) is 0 Å². The highest BCUT2D eigenvalue weighted by atomic mass is 16.5. The Bertz CT molecular complexity index is 200. The Labute approximate surface area is 71.8 Å². The van der Waals surface area contributed by atoms with Gasteiger partial charge in [-0.05, 0) is 12.2 Å². The van der Waals surface area contributed by atoms with Crippen molar-refractivity contribution >= 4 is 5.90 Å². The van der Waals surface area contributed by atoms with Gasteiger partial charge in [0.1, 0.15) is 6.10 Å². The van der Waals surface area contributed by atoms with Crippen molar-refractivity contribution in [2.24, 2.45) is 4.99 Å². The first-order chi connectivity index (χ1) is 5.81. The smallest absolute Gasteiger partial charge is 0.210 e. The molecule has 1 aliphatic heterocycles. The Morgan fingerprint density at radius 1 is 1.25 bits per heavy atom. The summed E-state index contributed by atoms with van der Waals surface area (Å²) < 4.78 is 15.1. The van der Waals surface area contributed by atoms with Crippen LogP contribution in [0.1, 0.15) is 0 Å². The lowest BCUT2D eigenvalue weighted by molar-refractivity contribution is -0.00853. The van der Waals surface area contributed by atoms with E-state index in [4.69, 9.17) is 14.2 Å². The number of aliphatic imine (C=N–C) groups is 1. The first-order valence-corrected chi connectivity index (χ1v) is 3.67. The number of hydrogen-bond acceptors (Lipinski definition) is 4. The minimum absolute atomic E-state index is 0.117. The molecule has 0 saturated heterocycles. The average molecular weight is 171 g/mol. The molecule has 0 saturated carbocycles. The fourth-order valence-corrected chi connectivity index (χ4v) is 1.02. The first-order valence-electron chi connectivity index (χ1n) is 3.67. The lowest BCUT2D eigenvalue weighted by Crippen LogP contribution is -2.30. The van der Waals surface area contributed by atoms with Crippen LogP contribution in [-0.2, 0) is 14.2 Å². The second kappa shape index (κ2) is 4.23. The Morgan fingerprint density at radius 2 is 2.00 bits per heavy atom. The molecule has 68 valence electrons. The number of rotatable bonds is 2. The predicted molar refractivity (Wildman–Crippen MR) is 45.2 cm³/mol. The standard InChI is InChI=1S/C8H13NO3/c1-10-6-4-5-7(11-2)9-8(6)12-3/h4-6,8H,1-3H3/t6-,8-/m1/s1. The zero-order valence-corrected chi connectivity index (χ0v) is 7.48. The van der Waals surface area contributed by atoms with Crippen molar-refractivity contribution in [1.29, 1.82) is 0 Å². The van der Waals surface area contributed by atoms with Gasteiger partial charge in [0.05, 0.1) is 7.11 Å². The molecule has 0 N–H and O–H groups in total. The molecule has 0 fully saturated rings. The molecule has 1 heterocycles. The van der Waals surface area contributed by atoms with Gasteiger partial charge in [0, 0.05) is 14.2 Å². The van der Waals surface area contributed by atoms with Gasteiger partial charge in [0.25, 0.3) is 0 Å². The van der Waals surface area contributed by atoms with Gasteiger partial charge in [-0.2, -0.15) is 0 Å². The third-order valence-electron chi connectivity index (χ3n) is 1.69. The molecular formula is C8H13NO3. The lowest BCUT2D eigenvalue weighted by atomic mass is 10.2. The molecule has 4 nitrogen and oxygen atoms in total. The maximum atomic E-state index is 5.11. The number of ether oxygens (including phenoxy) is 3. The maximum absolute atomic E-state index is 5.11. The minimum Gasteiger partial charge on any atom is -0.481 e. The molecule has 2 atom stereocenters. The first kappa shape index (κ1) is 9.22. The Hall–Kier alpha value is -0.870. The molecule has 12 heavy (non-hydrogen) atoms. The molecule has 0 aromatic carbocycles. The SMILES string of the molecule is COC1=N[C@H](OC)[C@H](OC)C=C1. The molecule has 1 rings (SSSR count). The van der Waals surface area contributed by atoms with Gasteiger partial charge >= 0.3 is 0 Å². The third kappa shape index (κ3) is 1.84. The highest BCUT2D eigenvalue weighted by Crippen LogP contribution is 2.11. The van der Waals surface area contributed by atoms with Crippen LogP contribution in [0.15, 0.2) is 17.1 Å². The van der Waals surface area contributed by atoms with Crippen molar-refractivity contribution < 1.29 is 14.2 Å². The van der Waals surface area contributed by atoms with Crippen LogP contribution in [-0.4, -0.2) is 39.6 Å². The molecule has 0 amide bonds. The average Bonchev–Trinajstić information content (AvgIpc) is 2.16. The van der Waals surface area contributed by atoms with Crippen LogP contribution in [0.5, 0.6) is 0 Å². The highest BCUT2D eigenvalue weighted by molar-refractivity contribution is 5.88. The molecule has 0 bridgehead atoms. The number of hydrogen-bond donors (Lipinski definition) is 0. The van der Waals surface area contributed by atoms with E-state index in [0.717, 1.165) is 0 Å². The quantitative estimate of drug-likeness (QED) is 0.610. The summed E-state index contributed by atoms with van der Waals surface area (Å²) in [4.78, 5) is 4.13. The van der Waals surface area contributed by atoms with Crippen LogP contribution in [0.4, 0.5) is 0 Å². The third-order valence-corrected chi connectivity index (χ3v) is 1.69. The van der Waals surface area contributed by atoms with Gasteiger partial charge in [-0.1, -0.05) is 0 Å². The molecule has 0 unspecified atom stereocenters. The molecule has 0 radical (unpaired) electrons. The van der Waals surface area contributed by atoms with Crippen molar-refractivity contribution in [3.63, 3.8) is 0 Å². The molecule has 0 aromatic rings. The number of nitrogens with zero attached hydrogens (tertiary/aromatic N) is 1. The van der Waals surface area contributed by atoms with Crippen molar-refractivity contribution in [3.8, 4) is 0 Å². The highest BCUT2D eigenvalue weighted by Gasteiger charge is 2.21. The van der Waals surface area contributed by atoms with E-state index in [1.54, 1.807) is 27.4 Å². The summed E-state index contributed by atoms with van der Waals surface area (Å²) in [5.41, 5.74) is 0. The second-order valence-corrected chi connectivity index (χ2v) is 2.36. The van der Waals surface area contributed by atoms with E-state index in [2.05, 4.69) is 4.99 Å². The van der Waals surface area contributed by atoms with E-state index in [0.29, 0.717) is 5.90 Å². The Balaban J connectivity index is 2.67. The Kier molecular flexibility index (Phi) is 3.25. The van der Waals surface area contributed by atoms with Gasteiger partial charge in [0.15, 0.2) is 6.23 Å². The predicted octanol–water partition coefficient (Wildman–Crippen LogP) is 0.589. The lowest BCUT2D eigenvalue weighted by Gasteiger charge is -2.21. The van der Waals surface area contributed by atoms with E-state index >= 15 is 0 Å². The molecule has 0 aliphatic carbocycles. The van der Waals surface area contributed by atoms with Crippen LogP contribution in [0.25, 0.3) is 0 Å². The molecule has 0 spiro atoms. The fourth-order valence-electron chi connectivity index (χ4n) is 1.02. The summed E-state index contributed by atoms with van der Waals surface area (Å²) in [5, 5.41) is 0. The molecule has 1 aliphatic rings. The topological polar surface area (TPSA) is 40.0 Å². The zero-order valence-electron chi connectivity index (χ0n) is 7.48. The van der Waals surface area contributed by atoms with Crippen molar-refractivity contribution in [3.05, 3.63) is 12.2 Å². The number of methoxy groups -OCH3 is 3. The van der Waals surface area contributed by atoms with E-state index in [1.807, 2.05) is 6.08 Å². The number of dihydropyridines is 1. The normalized spacial score (nSPS) is 28.4. The largest absolute Gasteiger partial charge is 0.481 e. The zero-order chi connectivity index (χ0) is 8.97. The summed E-state index contributed by atoms with van der Waals surface area (Å²) in [5.74, 6) is 0.565. The molecule has 0 aromatic heterocycles. The molecule has 4 heteroatoms. The van der Waals surface area contributed by atoms with Crippen molar-refractivity contribution in [1.82, 2.24) is 0 Å². The van der Waals surface area contributed by atoms with Crippen molar-refractivity contribution in [2.45, 2.75) is 12.3 Å². The minimum atomic E-state index is -0.296. The summed E-state index contributed by atoms with van der Waals surface area (Å²) in [6.45, 7) is 0. The van der Waals surface area contributed by atoms with Gasteiger partial charge in [-0.15, -0.1) is 0 Å². The van der Waals surface area contributed by atoms with Gasteiger partial charge in [-0.25, -0.2) is 4.99 Å². The Morgan fingerprint density at radius 3 is 2.50 bits per heavy atom.